The zero-order valence-electron chi connectivity index (χ0n) is 27.0. The molecule has 0 radical (unpaired) electrons. The largest absolute Gasteiger partial charge is 0.298 e. The molecule has 0 N–H and O–H groups in total. The molecule has 2 fully saturated rings. The highest BCUT2D eigenvalue weighted by atomic mass is 32.2. The molecule has 0 aliphatic heterocycles. The number of carbonyl (C=O) groups is 1. The van der Waals surface area contributed by atoms with E-state index in [1.54, 1.807) is 24.3 Å². The van der Waals surface area contributed by atoms with Gasteiger partial charge in [-0.05, 0) is 79.0 Å². The first-order valence-electron chi connectivity index (χ1n) is 16.8. The van der Waals surface area contributed by atoms with Crippen LogP contribution in [0.2, 0.25) is 0 Å². The van der Waals surface area contributed by atoms with Gasteiger partial charge in [-0.15, -0.1) is 0 Å². The van der Waals surface area contributed by atoms with Gasteiger partial charge in [0.2, 0.25) is 0 Å². The zero-order chi connectivity index (χ0) is 35.4. The lowest BCUT2D eigenvalue weighted by molar-refractivity contribution is -0.120. The summed E-state index contributed by atoms with van der Waals surface area (Å²) >= 11 is 0. The SMILES string of the molecule is O=C(C[C@@H](Cc1cc(F)cc(F)c1)c1ncccc1-c1ccc(S(=O)(=O)CC2CCCCC2)cc1)Cn1nc(C(F)F)c2c1C(F)(F)C1CC21. The Morgan fingerprint density at radius 1 is 0.960 bits per heavy atom. The van der Waals surface area contributed by atoms with Gasteiger partial charge in [0.25, 0.3) is 12.3 Å². The van der Waals surface area contributed by atoms with Crippen LogP contribution in [0.4, 0.5) is 26.3 Å². The van der Waals surface area contributed by atoms with Crippen molar-refractivity contribution in [3.8, 4) is 11.1 Å². The molecule has 264 valence electrons. The molecule has 4 aromatic rings. The smallest absolute Gasteiger partial charge is 0.293 e. The van der Waals surface area contributed by atoms with Crippen molar-refractivity contribution in [2.45, 2.75) is 87.0 Å². The monoisotopic (exact) mass is 715 g/mol. The minimum absolute atomic E-state index is 0.0713. The van der Waals surface area contributed by atoms with Crippen molar-refractivity contribution in [3.05, 3.63) is 101 Å². The number of pyridine rings is 1. The third-order valence-electron chi connectivity index (χ3n) is 10.3. The van der Waals surface area contributed by atoms with Crippen LogP contribution in [0.1, 0.15) is 91.4 Å². The Hall–Kier alpha value is -4.00. The maximum atomic E-state index is 15.2. The van der Waals surface area contributed by atoms with Crippen molar-refractivity contribution in [1.29, 1.82) is 0 Å². The molecule has 2 saturated carbocycles. The van der Waals surface area contributed by atoms with E-state index in [1.165, 1.54) is 18.3 Å². The van der Waals surface area contributed by atoms with E-state index in [-0.39, 0.29) is 47.0 Å². The summed E-state index contributed by atoms with van der Waals surface area (Å²) in [4.78, 5) is 18.3. The van der Waals surface area contributed by atoms with E-state index in [1.807, 2.05) is 0 Å². The quantitative estimate of drug-likeness (QED) is 0.137. The average Bonchev–Trinajstić information content (AvgIpc) is 3.73. The summed E-state index contributed by atoms with van der Waals surface area (Å²) < 4.78 is 114. The molecule has 2 heterocycles. The number of carbonyl (C=O) groups excluding carboxylic acids is 1. The summed E-state index contributed by atoms with van der Waals surface area (Å²) in [5.74, 6) is -8.12. The van der Waals surface area contributed by atoms with Crippen LogP contribution in [0.25, 0.3) is 11.1 Å². The summed E-state index contributed by atoms with van der Waals surface area (Å²) in [7, 11) is -3.54. The molecular formula is C37H35F6N3O3S. The number of halogens is 6. The highest BCUT2D eigenvalue weighted by molar-refractivity contribution is 7.91. The van der Waals surface area contributed by atoms with Crippen LogP contribution in [0.15, 0.2) is 65.7 Å². The number of rotatable bonds is 12. The topological polar surface area (TPSA) is 81.9 Å². The lowest BCUT2D eigenvalue weighted by atomic mass is 9.87. The molecule has 0 saturated heterocycles. The molecular weight excluding hydrogens is 680 g/mol. The Kier molecular flexibility index (Phi) is 9.15. The second kappa shape index (κ2) is 13.3. The molecule has 2 unspecified atom stereocenters. The number of hydrogen-bond acceptors (Lipinski definition) is 5. The van der Waals surface area contributed by atoms with Crippen molar-refractivity contribution in [1.82, 2.24) is 14.8 Å². The van der Waals surface area contributed by atoms with Crippen molar-refractivity contribution >= 4 is 15.6 Å². The van der Waals surface area contributed by atoms with Crippen LogP contribution < -0.4 is 0 Å². The van der Waals surface area contributed by atoms with Crippen LogP contribution in [-0.4, -0.2) is 34.7 Å². The normalized spacial score (nSPS) is 20.5. The van der Waals surface area contributed by atoms with Gasteiger partial charge in [0.15, 0.2) is 15.6 Å². The van der Waals surface area contributed by atoms with E-state index in [4.69, 9.17) is 0 Å². The molecule has 13 heteroatoms. The van der Waals surface area contributed by atoms with Gasteiger partial charge < -0.3 is 0 Å². The third-order valence-corrected chi connectivity index (χ3v) is 12.2. The predicted octanol–water partition coefficient (Wildman–Crippen LogP) is 8.71. The molecule has 50 heavy (non-hydrogen) atoms. The van der Waals surface area contributed by atoms with Crippen molar-refractivity contribution in [2.75, 3.05) is 5.75 Å². The summed E-state index contributed by atoms with van der Waals surface area (Å²) in [6, 6.07) is 12.7. The number of nitrogens with zero attached hydrogens (tertiary/aromatic N) is 3. The van der Waals surface area contributed by atoms with E-state index in [0.29, 0.717) is 27.6 Å². The molecule has 2 aromatic heterocycles. The van der Waals surface area contributed by atoms with Crippen LogP contribution in [-0.2, 0) is 33.5 Å². The molecule has 0 bridgehead atoms. The first-order chi connectivity index (χ1) is 23.8. The molecule has 3 aliphatic rings. The third kappa shape index (κ3) is 6.72. The van der Waals surface area contributed by atoms with E-state index in [2.05, 4.69) is 10.1 Å². The Morgan fingerprint density at radius 3 is 2.34 bits per heavy atom. The van der Waals surface area contributed by atoms with Gasteiger partial charge >= 0.3 is 0 Å². The Morgan fingerprint density at radius 2 is 1.66 bits per heavy atom. The fourth-order valence-corrected chi connectivity index (χ4v) is 9.65. The minimum atomic E-state index is -3.54. The fourth-order valence-electron chi connectivity index (χ4n) is 7.95. The maximum Gasteiger partial charge on any atom is 0.293 e. The average molecular weight is 716 g/mol. The van der Waals surface area contributed by atoms with Crippen LogP contribution in [0, 0.1) is 23.5 Å². The number of alkyl halides is 4. The van der Waals surface area contributed by atoms with Crippen LogP contribution in [0.5, 0.6) is 0 Å². The summed E-state index contributed by atoms with van der Waals surface area (Å²) in [5.41, 5.74) is 0.124. The summed E-state index contributed by atoms with van der Waals surface area (Å²) in [6.45, 7) is -0.701. The van der Waals surface area contributed by atoms with Gasteiger partial charge in [0.1, 0.15) is 29.6 Å². The van der Waals surface area contributed by atoms with Crippen LogP contribution in [0.3, 0.4) is 0 Å². The number of sulfone groups is 1. The standard InChI is InChI=1S/C37H35F6N3O3S/c38-25-14-22(15-26(39)17-25)13-24(16-27(47)19-46-35-32(34(45-46)36(40)41)30-18-31(30)37(35,42)43)33-29(7-4-12-44-33)23-8-10-28(11-9-23)50(48,49)20-21-5-2-1-3-6-21/h4,7-12,14-15,17,21,24,30-31,36H,1-3,5-6,13,16,18-20H2/t24-,30?,31?/m1/s1. The zero-order valence-corrected chi connectivity index (χ0v) is 27.8. The van der Waals surface area contributed by atoms with Crippen LogP contribution >= 0.6 is 0 Å². The molecule has 3 atom stereocenters. The lowest BCUT2D eigenvalue weighted by Crippen LogP contribution is -2.24. The maximum absolute atomic E-state index is 15.2. The van der Waals surface area contributed by atoms with Crippen molar-refractivity contribution < 1.29 is 39.6 Å². The molecule has 2 aromatic carbocycles. The number of hydrogen-bond donors (Lipinski definition) is 0. The molecule has 0 amide bonds. The number of Topliss-reactive ketones (excluding diaryl/α,β-unsaturated/α-hetero) is 1. The Bertz CT molecular complexity index is 2010. The number of ketones is 1. The second-order valence-corrected chi connectivity index (χ2v) is 15.9. The summed E-state index contributed by atoms with van der Waals surface area (Å²) in [6.07, 6.45) is 2.97. The number of fused-ring (bicyclic) bond motifs is 3. The Balaban J connectivity index is 1.19. The van der Waals surface area contributed by atoms with Crippen molar-refractivity contribution in [2.24, 2.45) is 11.8 Å². The van der Waals surface area contributed by atoms with Gasteiger partial charge in [0, 0.05) is 41.6 Å². The minimum Gasteiger partial charge on any atom is -0.298 e. The van der Waals surface area contributed by atoms with Gasteiger partial charge in [-0.3, -0.25) is 14.5 Å². The van der Waals surface area contributed by atoms with E-state index >= 15 is 8.78 Å². The summed E-state index contributed by atoms with van der Waals surface area (Å²) in [5, 5.41) is 3.76. The van der Waals surface area contributed by atoms with E-state index in [9.17, 15) is 30.8 Å². The highest BCUT2D eigenvalue weighted by Gasteiger charge is 2.67. The highest BCUT2D eigenvalue weighted by Crippen LogP contribution is 2.68. The van der Waals surface area contributed by atoms with Gasteiger partial charge in [-0.1, -0.05) is 37.5 Å². The molecule has 0 spiro atoms. The van der Waals surface area contributed by atoms with Crippen molar-refractivity contribution in [3.63, 3.8) is 0 Å². The van der Waals surface area contributed by atoms with Gasteiger partial charge in [-0.25, -0.2) is 26.0 Å². The number of benzene rings is 2. The fraction of sp³-hybridized carbons (Fsp3) is 0.432. The van der Waals surface area contributed by atoms with Gasteiger partial charge in [0.05, 0.1) is 16.3 Å². The van der Waals surface area contributed by atoms with E-state index < -0.39 is 75.3 Å². The van der Waals surface area contributed by atoms with E-state index in [0.717, 1.165) is 44.2 Å². The predicted molar refractivity (Wildman–Crippen MR) is 173 cm³/mol. The molecule has 6 nitrogen and oxygen atoms in total. The second-order valence-electron chi connectivity index (χ2n) is 13.8. The molecule has 7 rings (SSSR count). The lowest BCUT2D eigenvalue weighted by Gasteiger charge is -2.22. The van der Waals surface area contributed by atoms with Gasteiger partial charge in [-0.2, -0.15) is 13.9 Å². The first kappa shape index (κ1) is 34.4. The Labute approximate surface area is 285 Å². The number of aromatic nitrogens is 3. The first-order valence-corrected chi connectivity index (χ1v) is 18.5. The molecule has 3 aliphatic carbocycles.